The molecule has 0 unspecified atom stereocenters. The fourth-order valence-electron chi connectivity index (χ4n) is 4.80. The van der Waals surface area contributed by atoms with Gasteiger partial charge in [-0.1, -0.05) is 28.1 Å². The summed E-state index contributed by atoms with van der Waals surface area (Å²) in [5.74, 6) is 0.727. The van der Waals surface area contributed by atoms with E-state index in [2.05, 4.69) is 33.2 Å². The second kappa shape index (κ2) is 4.79. The van der Waals surface area contributed by atoms with E-state index < -0.39 is 0 Å². The molecule has 5 nitrogen and oxygen atoms in total. The molecule has 6 atom stereocenters. The lowest BCUT2D eigenvalue weighted by Crippen LogP contribution is -2.40. The van der Waals surface area contributed by atoms with Crippen LogP contribution in [0.15, 0.2) is 39.9 Å². The van der Waals surface area contributed by atoms with Gasteiger partial charge < -0.3 is 5.11 Å². The van der Waals surface area contributed by atoms with Crippen molar-refractivity contribution in [1.82, 2.24) is 5.01 Å². The first kappa shape index (κ1) is 14.4. The Hall–Kier alpha value is -1.95. The molecule has 4 aliphatic carbocycles. The van der Waals surface area contributed by atoms with Crippen molar-refractivity contribution in [2.45, 2.75) is 6.42 Å². The standard InChI is InChI=1S/C18H15BrN2O3/c19-9-1-4-14(22)8(5-9)7-20-21-17(23)15-10-2-3-11(13-6-12(10)13)16(15)18(21)24/h1-5,7,10-13,15-16,22H,6H2/t10-,11-,12-,13+,15-,16+/m0/s1. The molecular weight excluding hydrogens is 372 g/mol. The number of hydrogen-bond acceptors (Lipinski definition) is 4. The summed E-state index contributed by atoms with van der Waals surface area (Å²) in [6.45, 7) is 0. The lowest BCUT2D eigenvalue weighted by Gasteiger charge is -2.37. The Morgan fingerprint density at radius 2 is 1.75 bits per heavy atom. The number of imide groups is 1. The van der Waals surface area contributed by atoms with E-state index in [1.165, 1.54) is 12.3 Å². The Bertz CT molecular complexity index is 798. The highest BCUT2D eigenvalue weighted by molar-refractivity contribution is 9.10. The van der Waals surface area contributed by atoms with Gasteiger partial charge in [0.05, 0.1) is 18.1 Å². The Morgan fingerprint density at radius 1 is 1.12 bits per heavy atom. The number of benzene rings is 1. The monoisotopic (exact) mass is 386 g/mol. The summed E-state index contributed by atoms with van der Waals surface area (Å²) in [4.78, 5) is 25.5. The van der Waals surface area contributed by atoms with E-state index in [-0.39, 0.29) is 41.2 Å². The molecule has 1 aromatic rings. The van der Waals surface area contributed by atoms with E-state index in [9.17, 15) is 14.7 Å². The maximum atomic E-state index is 12.8. The molecule has 6 heteroatoms. The van der Waals surface area contributed by atoms with Crippen LogP contribution < -0.4 is 0 Å². The molecule has 0 spiro atoms. The molecule has 1 aliphatic heterocycles. The summed E-state index contributed by atoms with van der Waals surface area (Å²) < 4.78 is 0.789. The summed E-state index contributed by atoms with van der Waals surface area (Å²) in [5, 5.41) is 15.0. The number of halogens is 1. The second-order valence-corrected chi connectivity index (χ2v) is 8.01. The molecule has 1 saturated heterocycles. The van der Waals surface area contributed by atoms with Crippen LogP contribution in [0.25, 0.3) is 0 Å². The molecular formula is C18H15BrN2O3. The molecule has 1 N–H and O–H groups in total. The molecule has 0 aromatic heterocycles. The van der Waals surface area contributed by atoms with E-state index in [1.807, 2.05) is 0 Å². The third-order valence-electron chi connectivity index (χ3n) is 5.94. The van der Waals surface area contributed by atoms with Crippen molar-refractivity contribution >= 4 is 34.0 Å². The zero-order valence-electron chi connectivity index (χ0n) is 12.7. The van der Waals surface area contributed by atoms with Crippen molar-refractivity contribution in [3.63, 3.8) is 0 Å². The number of allylic oxidation sites excluding steroid dienone is 2. The number of carbonyl (C=O) groups is 2. The molecule has 24 heavy (non-hydrogen) atoms. The molecule has 2 saturated carbocycles. The van der Waals surface area contributed by atoms with Gasteiger partial charge in [-0.2, -0.15) is 10.1 Å². The molecule has 6 rings (SSSR count). The molecule has 1 aromatic carbocycles. The lowest BCUT2D eigenvalue weighted by molar-refractivity contribution is -0.140. The maximum absolute atomic E-state index is 12.8. The topological polar surface area (TPSA) is 70.0 Å². The number of hydrogen-bond donors (Lipinski definition) is 1. The molecule has 2 bridgehead atoms. The minimum Gasteiger partial charge on any atom is -0.507 e. The number of rotatable bonds is 2. The van der Waals surface area contributed by atoms with Crippen LogP contribution in [0, 0.1) is 35.5 Å². The fraction of sp³-hybridized carbons (Fsp3) is 0.389. The van der Waals surface area contributed by atoms with Gasteiger partial charge in [0, 0.05) is 10.0 Å². The Balaban J connectivity index is 1.46. The first-order valence-electron chi connectivity index (χ1n) is 8.15. The number of aromatic hydroxyl groups is 1. The van der Waals surface area contributed by atoms with Crippen molar-refractivity contribution in [3.8, 4) is 5.75 Å². The predicted octanol–water partition coefficient (Wildman–Crippen LogP) is 2.54. The fourth-order valence-corrected chi connectivity index (χ4v) is 5.18. The van der Waals surface area contributed by atoms with Gasteiger partial charge in [0.1, 0.15) is 5.75 Å². The minimum atomic E-state index is -0.246. The molecule has 5 aliphatic rings. The Labute approximate surface area is 147 Å². The molecule has 122 valence electrons. The van der Waals surface area contributed by atoms with Crippen molar-refractivity contribution in [2.75, 3.05) is 0 Å². The van der Waals surface area contributed by atoms with Crippen LogP contribution in [0.2, 0.25) is 0 Å². The molecule has 2 amide bonds. The zero-order chi connectivity index (χ0) is 16.6. The van der Waals surface area contributed by atoms with Crippen LogP contribution in [0.5, 0.6) is 5.75 Å². The molecule has 3 fully saturated rings. The summed E-state index contributed by atoms with van der Waals surface area (Å²) in [7, 11) is 0. The van der Waals surface area contributed by atoms with E-state index >= 15 is 0 Å². The van der Waals surface area contributed by atoms with E-state index in [4.69, 9.17) is 0 Å². The SMILES string of the molecule is O=C1[C@@H]2[C@H]3C=C[C@@H]([C@@H]4C[C@H]34)[C@@H]2C(=O)N1N=Cc1cc(Br)ccc1O. The summed E-state index contributed by atoms with van der Waals surface area (Å²) in [5.41, 5.74) is 0.462. The van der Waals surface area contributed by atoms with Gasteiger partial charge in [-0.05, 0) is 48.3 Å². The highest BCUT2D eigenvalue weighted by Crippen LogP contribution is 2.65. The van der Waals surface area contributed by atoms with Crippen molar-refractivity contribution < 1.29 is 14.7 Å². The van der Waals surface area contributed by atoms with Crippen LogP contribution in [0.4, 0.5) is 0 Å². The van der Waals surface area contributed by atoms with Crippen LogP contribution in [0.3, 0.4) is 0 Å². The smallest absolute Gasteiger partial charge is 0.254 e. The highest BCUT2D eigenvalue weighted by Gasteiger charge is 2.67. The van der Waals surface area contributed by atoms with Gasteiger partial charge in [-0.3, -0.25) is 9.59 Å². The van der Waals surface area contributed by atoms with Crippen LogP contribution in [-0.2, 0) is 9.59 Å². The zero-order valence-corrected chi connectivity index (χ0v) is 14.3. The summed E-state index contributed by atoms with van der Waals surface area (Å²) in [6, 6.07) is 4.94. The number of nitrogens with zero attached hydrogens (tertiary/aromatic N) is 2. The number of phenols is 1. The van der Waals surface area contributed by atoms with E-state index in [1.54, 1.807) is 12.1 Å². The van der Waals surface area contributed by atoms with Crippen LogP contribution >= 0.6 is 15.9 Å². The van der Waals surface area contributed by atoms with Gasteiger partial charge in [0.15, 0.2) is 0 Å². The van der Waals surface area contributed by atoms with E-state index in [0.29, 0.717) is 17.4 Å². The number of carbonyl (C=O) groups excluding carboxylic acids is 2. The number of amides is 2. The number of phenolic OH excluding ortho intramolecular Hbond substituents is 1. The largest absolute Gasteiger partial charge is 0.507 e. The van der Waals surface area contributed by atoms with Crippen LogP contribution in [0.1, 0.15) is 12.0 Å². The first-order chi connectivity index (χ1) is 11.6. The van der Waals surface area contributed by atoms with Gasteiger partial charge in [0.2, 0.25) is 0 Å². The van der Waals surface area contributed by atoms with E-state index in [0.717, 1.165) is 15.9 Å². The van der Waals surface area contributed by atoms with Crippen LogP contribution in [-0.4, -0.2) is 28.1 Å². The van der Waals surface area contributed by atoms with Gasteiger partial charge in [0.25, 0.3) is 11.8 Å². The van der Waals surface area contributed by atoms with Gasteiger partial charge in [-0.15, -0.1) is 0 Å². The van der Waals surface area contributed by atoms with Gasteiger partial charge in [-0.25, -0.2) is 0 Å². The average Bonchev–Trinajstić information content (AvgIpc) is 3.35. The number of hydrazone groups is 1. The lowest BCUT2D eigenvalue weighted by atomic mass is 9.63. The third kappa shape index (κ3) is 1.83. The van der Waals surface area contributed by atoms with Crippen molar-refractivity contribution in [1.29, 1.82) is 0 Å². The quantitative estimate of drug-likeness (QED) is 0.482. The normalized spacial score (nSPS) is 38.8. The molecule has 0 radical (unpaired) electrons. The maximum Gasteiger partial charge on any atom is 0.254 e. The summed E-state index contributed by atoms with van der Waals surface area (Å²) in [6.07, 6.45) is 6.80. The Morgan fingerprint density at radius 3 is 2.38 bits per heavy atom. The second-order valence-electron chi connectivity index (χ2n) is 7.09. The average molecular weight is 387 g/mol. The van der Waals surface area contributed by atoms with Crippen molar-refractivity contribution in [3.05, 3.63) is 40.4 Å². The Kier molecular flexibility index (Phi) is 2.87. The predicted molar refractivity (Wildman–Crippen MR) is 90.0 cm³/mol. The van der Waals surface area contributed by atoms with Crippen molar-refractivity contribution in [2.24, 2.45) is 40.6 Å². The highest BCUT2D eigenvalue weighted by atomic mass is 79.9. The first-order valence-corrected chi connectivity index (χ1v) is 8.94. The van der Waals surface area contributed by atoms with Gasteiger partial charge >= 0.3 is 0 Å². The molecule has 1 heterocycles. The minimum absolute atomic E-state index is 0.0569. The summed E-state index contributed by atoms with van der Waals surface area (Å²) >= 11 is 3.33. The third-order valence-corrected chi connectivity index (χ3v) is 6.43.